The van der Waals surface area contributed by atoms with Gasteiger partial charge in [-0.3, -0.25) is 4.79 Å². The summed E-state index contributed by atoms with van der Waals surface area (Å²) in [5.41, 5.74) is 0. The minimum atomic E-state index is -1.15. The number of alkyl halides is 2. The number of halogens is 2. The molecule has 1 heterocycles. The maximum atomic E-state index is 12.2. The zero-order chi connectivity index (χ0) is 16.0. The lowest BCUT2D eigenvalue weighted by Gasteiger charge is -2.29. The van der Waals surface area contributed by atoms with Crippen LogP contribution < -0.4 is 0 Å². The second-order valence-corrected chi connectivity index (χ2v) is 7.81. The maximum Gasteiger partial charge on any atom is 0.329 e. The Hall–Kier alpha value is -0.130. The molecule has 0 saturated carbocycles. The third kappa shape index (κ3) is 5.53. The van der Waals surface area contributed by atoms with Crippen LogP contribution in [0.2, 0.25) is 0 Å². The third-order valence-corrected chi connectivity index (χ3v) is 4.91. The van der Waals surface area contributed by atoms with Crippen molar-refractivity contribution in [3.8, 4) is 0 Å². The van der Waals surface area contributed by atoms with Gasteiger partial charge in [0, 0.05) is 5.75 Å². The zero-order valence-corrected chi connectivity index (χ0v) is 15.0. The molecule has 1 aliphatic rings. The Balaban J connectivity index is 2.77. The lowest BCUT2D eigenvalue weighted by atomic mass is 10.1. The van der Waals surface area contributed by atoms with E-state index >= 15 is 0 Å². The molecule has 4 nitrogen and oxygen atoms in total. The predicted octanol–water partition coefficient (Wildman–Crippen LogP) is 3.45. The fraction of sp³-hybridized carbons (Fsp3) is 0.857. The molecule has 7 heteroatoms. The van der Waals surface area contributed by atoms with E-state index in [1.54, 1.807) is 11.8 Å². The Kier molecular flexibility index (Phi) is 8.21. The second kappa shape index (κ2) is 9.11. The van der Waals surface area contributed by atoms with Gasteiger partial charge in [-0.05, 0) is 18.8 Å². The summed E-state index contributed by atoms with van der Waals surface area (Å²) >= 11 is 13.0. The Morgan fingerprint density at radius 2 is 2.05 bits per heavy atom. The van der Waals surface area contributed by atoms with Crippen molar-refractivity contribution in [1.82, 2.24) is 4.90 Å². The molecule has 0 radical (unpaired) electrons. The molecule has 0 aromatic heterocycles. The van der Waals surface area contributed by atoms with E-state index in [0.29, 0.717) is 18.3 Å². The highest BCUT2D eigenvalue weighted by Crippen LogP contribution is 2.35. The zero-order valence-electron chi connectivity index (χ0n) is 12.7. The number of unbranched alkanes of at least 4 members (excludes halogenated alkanes) is 1. The van der Waals surface area contributed by atoms with Gasteiger partial charge in [0.1, 0.15) is 6.04 Å². The molecule has 1 fully saturated rings. The molecule has 21 heavy (non-hydrogen) atoms. The van der Waals surface area contributed by atoms with E-state index in [1.165, 1.54) is 4.90 Å². The average molecular weight is 356 g/mol. The maximum absolute atomic E-state index is 12.2. The number of rotatable bonds is 7. The highest BCUT2D eigenvalue weighted by molar-refractivity contribution is 8.00. The van der Waals surface area contributed by atoms with Crippen LogP contribution in [0.25, 0.3) is 0 Å². The molecule has 2 unspecified atom stereocenters. The minimum Gasteiger partial charge on any atom is -0.464 e. The summed E-state index contributed by atoms with van der Waals surface area (Å²) in [6.07, 6.45) is 2.58. The minimum absolute atomic E-state index is 0.0683. The molecule has 0 N–H and O–H groups in total. The van der Waals surface area contributed by atoms with E-state index < -0.39 is 16.8 Å². The van der Waals surface area contributed by atoms with E-state index in [9.17, 15) is 9.59 Å². The van der Waals surface area contributed by atoms with E-state index in [0.717, 1.165) is 19.3 Å². The van der Waals surface area contributed by atoms with Crippen LogP contribution in [0, 0.1) is 5.92 Å². The van der Waals surface area contributed by atoms with Crippen LogP contribution in [0.1, 0.15) is 40.0 Å². The SMILES string of the molecule is CCCCOC(=O)C1CSC(CC(C)C)N1C(=O)C(Cl)Cl. The van der Waals surface area contributed by atoms with Gasteiger partial charge in [0.15, 0.2) is 4.84 Å². The van der Waals surface area contributed by atoms with Crippen LogP contribution in [0.5, 0.6) is 0 Å². The molecule has 1 aliphatic heterocycles. The number of ether oxygens (including phenoxy) is 1. The highest BCUT2D eigenvalue weighted by Gasteiger charge is 2.43. The van der Waals surface area contributed by atoms with Gasteiger partial charge < -0.3 is 9.64 Å². The van der Waals surface area contributed by atoms with E-state index in [4.69, 9.17) is 27.9 Å². The van der Waals surface area contributed by atoms with Crippen LogP contribution in [-0.4, -0.2) is 45.4 Å². The molecular weight excluding hydrogens is 333 g/mol. The normalized spacial score (nSPS) is 22.1. The van der Waals surface area contributed by atoms with Gasteiger partial charge in [0.2, 0.25) is 0 Å². The lowest BCUT2D eigenvalue weighted by Crippen LogP contribution is -2.48. The van der Waals surface area contributed by atoms with Crippen molar-refractivity contribution in [3.05, 3.63) is 0 Å². The number of nitrogens with zero attached hydrogens (tertiary/aromatic N) is 1. The van der Waals surface area contributed by atoms with Gasteiger partial charge >= 0.3 is 5.97 Å². The van der Waals surface area contributed by atoms with E-state index in [-0.39, 0.29) is 11.3 Å². The molecule has 122 valence electrons. The Morgan fingerprint density at radius 1 is 1.38 bits per heavy atom. The van der Waals surface area contributed by atoms with Crippen molar-refractivity contribution < 1.29 is 14.3 Å². The summed E-state index contributed by atoms with van der Waals surface area (Å²) in [5.74, 6) is 0.182. The Bertz CT molecular complexity index is 366. The number of hydrogen-bond acceptors (Lipinski definition) is 4. The number of carbonyl (C=O) groups is 2. The summed E-state index contributed by atoms with van der Waals surface area (Å²) in [5, 5.41) is -0.0683. The predicted molar refractivity (Wildman–Crippen MR) is 87.7 cm³/mol. The first-order valence-corrected chi connectivity index (χ1v) is 9.19. The van der Waals surface area contributed by atoms with Crippen LogP contribution in [0.4, 0.5) is 0 Å². The second-order valence-electron chi connectivity index (χ2n) is 5.50. The molecule has 1 saturated heterocycles. The number of hydrogen-bond donors (Lipinski definition) is 0. The molecule has 0 aromatic carbocycles. The summed E-state index contributed by atoms with van der Waals surface area (Å²) in [4.78, 5) is 24.8. The van der Waals surface area contributed by atoms with Crippen LogP contribution >= 0.6 is 35.0 Å². The number of carbonyl (C=O) groups excluding carboxylic acids is 2. The molecule has 0 spiro atoms. The smallest absolute Gasteiger partial charge is 0.329 e. The molecule has 0 aromatic rings. The average Bonchev–Trinajstić information content (AvgIpc) is 2.80. The number of thioether (sulfide) groups is 1. The Labute approximate surface area is 140 Å². The molecular formula is C14H23Cl2NO3S. The van der Waals surface area contributed by atoms with E-state index in [2.05, 4.69) is 13.8 Å². The van der Waals surface area contributed by atoms with Crippen molar-refractivity contribution in [2.75, 3.05) is 12.4 Å². The fourth-order valence-corrected chi connectivity index (χ4v) is 4.01. The summed E-state index contributed by atoms with van der Waals surface area (Å²) in [6.45, 7) is 6.57. The molecule has 1 amide bonds. The van der Waals surface area contributed by atoms with Crippen molar-refractivity contribution in [3.63, 3.8) is 0 Å². The van der Waals surface area contributed by atoms with Gasteiger partial charge in [-0.15, -0.1) is 11.8 Å². The van der Waals surface area contributed by atoms with Crippen molar-refractivity contribution in [2.45, 2.75) is 56.3 Å². The monoisotopic (exact) mass is 355 g/mol. The van der Waals surface area contributed by atoms with Crippen molar-refractivity contribution >= 4 is 46.8 Å². The number of esters is 1. The summed E-state index contributed by atoms with van der Waals surface area (Å²) in [6, 6.07) is -0.580. The topological polar surface area (TPSA) is 46.6 Å². The van der Waals surface area contributed by atoms with Crippen molar-refractivity contribution in [1.29, 1.82) is 0 Å². The molecule has 2 atom stereocenters. The number of amides is 1. The van der Waals surface area contributed by atoms with Gasteiger partial charge in [0.25, 0.3) is 5.91 Å². The highest BCUT2D eigenvalue weighted by atomic mass is 35.5. The molecule has 0 bridgehead atoms. The van der Waals surface area contributed by atoms with Gasteiger partial charge in [-0.25, -0.2) is 4.79 Å². The lowest BCUT2D eigenvalue weighted by molar-refractivity contribution is -0.153. The fourth-order valence-electron chi connectivity index (χ4n) is 2.15. The van der Waals surface area contributed by atoms with Gasteiger partial charge in [-0.1, -0.05) is 50.4 Å². The molecule has 1 rings (SSSR count). The first-order valence-electron chi connectivity index (χ1n) is 7.27. The summed E-state index contributed by atoms with van der Waals surface area (Å²) < 4.78 is 5.25. The van der Waals surface area contributed by atoms with Crippen LogP contribution in [0.3, 0.4) is 0 Å². The quantitative estimate of drug-likeness (QED) is 0.398. The van der Waals surface area contributed by atoms with Crippen molar-refractivity contribution in [2.24, 2.45) is 5.92 Å². The van der Waals surface area contributed by atoms with Gasteiger partial charge in [0.05, 0.1) is 12.0 Å². The summed E-state index contributed by atoms with van der Waals surface area (Å²) in [7, 11) is 0. The third-order valence-electron chi connectivity index (χ3n) is 3.22. The Morgan fingerprint density at radius 3 is 2.57 bits per heavy atom. The van der Waals surface area contributed by atoms with Gasteiger partial charge in [-0.2, -0.15) is 0 Å². The molecule has 0 aliphatic carbocycles. The first kappa shape index (κ1) is 18.9. The standard InChI is InChI=1S/C14H23Cl2NO3S/c1-4-5-6-20-14(19)10-8-21-11(7-9(2)3)17(10)13(18)12(15)16/h9-12H,4-8H2,1-3H3. The van der Waals surface area contributed by atoms with E-state index in [1.807, 2.05) is 6.92 Å². The van der Waals surface area contributed by atoms with Crippen LogP contribution in [0.15, 0.2) is 0 Å². The first-order chi connectivity index (χ1) is 9.88. The largest absolute Gasteiger partial charge is 0.464 e. The van der Waals surface area contributed by atoms with Crippen LogP contribution in [-0.2, 0) is 14.3 Å².